The van der Waals surface area contributed by atoms with E-state index in [0.717, 1.165) is 11.3 Å². The number of hydrogen-bond donors (Lipinski definition) is 1. The monoisotopic (exact) mass is 367 g/mol. The Hall–Kier alpha value is -3.48. The van der Waals surface area contributed by atoms with E-state index in [-0.39, 0.29) is 5.91 Å². The van der Waals surface area contributed by atoms with Gasteiger partial charge in [-0.15, -0.1) is 0 Å². The topological polar surface area (TPSA) is 74.6 Å². The Kier molecular flexibility index (Phi) is 5.61. The van der Waals surface area contributed by atoms with Crippen molar-refractivity contribution in [2.75, 3.05) is 21.3 Å². The average molecular weight is 367 g/mol. The number of hydrogen-bond acceptors (Lipinski definition) is 5. The minimum atomic E-state index is -0.260. The number of methoxy groups -OCH3 is 3. The zero-order valence-electron chi connectivity index (χ0n) is 15.4. The van der Waals surface area contributed by atoms with Crippen LogP contribution in [0.3, 0.4) is 0 Å². The number of aromatic nitrogens is 2. The second-order valence-electron chi connectivity index (χ2n) is 5.71. The molecule has 0 aliphatic rings. The van der Waals surface area contributed by atoms with Gasteiger partial charge in [-0.25, -0.2) is 4.68 Å². The van der Waals surface area contributed by atoms with Gasteiger partial charge in [-0.1, -0.05) is 12.1 Å². The van der Waals surface area contributed by atoms with Gasteiger partial charge < -0.3 is 19.5 Å². The van der Waals surface area contributed by atoms with E-state index in [4.69, 9.17) is 14.2 Å². The SMILES string of the molecule is COc1cc(OC)c(C(=O)NCc2ccc(-n3cccn3)cc2)cc1OC. The molecule has 7 nitrogen and oxygen atoms in total. The van der Waals surface area contributed by atoms with E-state index in [1.54, 1.807) is 23.0 Å². The molecule has 0 aliphatic heterocycles. The molecule has 1 aromatic heterocycles. The Morgan fingerprint density at radius 2 is 1.67 bits per heavy atom. The number of nitrogens with one attached hydrogen (secondary N) is 1. The largest absolute Gasteiger partial charge is 0.496 e. The molecule has 140 valence electrons. The molecule has 0 fully saturated rings. The molecule has 0 radical (unpaired) electrons. The number of benzene rings is 2. The first kappa shape index (κ1) is 18.3. The average Bonchev–Trinajstić information content (AvgIpc) is 3.26. The van der Waals surface area contributed by atoms with E-state index in [1.165, 1.54) is 21.3 Å². The lowest BCUT2D eigenvalue weighted by Gasteiger charge is -2.14. The maximum absolute atomic E-state index is 12.6. The quantitative estimate of drug-likeness (QED) is 0.695. The lowest BCUT2D eigenvalue weighted by Crippen LogP contribution is -2.23. The predicted molar refractivity (Wildman–Crippen MR) is 101 cm³/mol. The van der Waals surface area contributed by atoms with Crippen LogP contribution in [0.15, 0.2) is 54.9 Å². The molecule has 1 N–H and O–H groups in total. The van der Waals surface area contributed by atoms with Crippen LogP contribution in [-0.2, 0) is 6.54 Å². The highest BCUT2D eigenvalue weighted by atomic mass is 16.5. The Balaban J connectivity index is 1.72. The van der Waals surface area contributed by atoms with Crippen LogP contribution >= 0.6 is 0 Å². The van der Waals surface area contributed by atoms with Crippen molar-refractivity contribution in [2.45, 2.75) is 6.54 Å². The fourth-order valence-corrected chi connectivity index (χ4v) is 2.67. The first-order chi connectivity index (χ1) is 13.2. The molecule has 27 heavy (non-hydrogen) atoms. The van der Waals surface area contributed by atoms with Crippen molar-refractivity contribution in [1.29, 1.82) is 0 Å². The van der Waals surface area contributed by atoms with Gasteiger partial charge in [0.15, 0.2) is 11.5 Å². The third-order valence-electron chi connectivity index (χ3n) is 4.11. The minimum Gasteiger partial charge on any atom is -0.496 e. The maximum Gasteiger partial charge on any atom is 0.255 e. The van der Waals surface area contributed by atoms with E-state index in [1.807, 2.05) is 36.5 Å². The molecule has 0 atom stereocenters. The molecule has 3 rings (SSSR count). The normalized spacial score (nSPS) is 10.3. The predicted octanol–water partition coefficient (Wildman–Crippen LogP) is 2.83. The van der Waals surface area contributed by atoms with E-state index < -0.39 is 0 Å². The molecule has 7 heteroatoms. The van der Waals surface area contributed by atoms with Crippen LogP contribution in [-0.4, -0.2) is 37.0 Å². The van der Waals surface area contributed by atoms with Gasteiger partial charge in [-0.05, 0) is 23.8 Å². The Morgan fingerprint density at radius 1 is 1.00 bits per heavy atom. The van der Waals surface area contributed by atoms with Crippen molar-refractivity contribution in [2.24, 2.45) is 0 Å². The molecule has 1 heterocycles. The first-order valence-electron chi connectivity index (χ1n) is 8.33. The first-order valence-corrected chi connectivity index (χ1v) is 8.33. The van der Waals surface area contributed by atoms with Gasteiger partial charge in [0.25, 0.3) is 5.91 Å². The molecule has 0 aliphatic carbocycles. The number of nitrogens with zero attached hydrogens (tertiary/aromatic N) is 2. The summed E-state index contributed by atoms with van der Waals surface area (Å²) < 4.78 is 17.6. The van der Waals surface area contributed by atoms with Gasteiger partial charge in [0.2, 0.25) is 0 Å². The molecule has 0 unspecified atom stereocenters. The lowest BCUT2D eigenvalue weighted by atomic mass is 10.1. The van der Waals surface area contributed by atoms with E-state index in [9.17, 15) is 4.79 Å². The molecule has 2 aromatic carbocycles. The number of carbonyl (C=O) groups excluding carboxylic acids is 1. The van der Waals surface area contributed by atoms with Crippen LogP contribution in [0, 0.1) is 0 Å². The third kappa shape index (κ3) is 4.03. The highest BCUT2D eigenvalue weighted by Gasteiger charge is 2.17. The van der Waals surface area contributed by atoms with E-state index in [0.29, 0.717) is 29.4 Å². The second kappa shape index (κ2) is 8.27. The summed E-state index contributed by atoms with van der Waals surface area (Å²) in [6.45, 7) is 0.385. The van der Waals surface area contributed by atoms with E-state index in [2.05, 4.69) is 10.4 Å². The third-order valence-corrected chi connectivity index (χ3v) is 4.11. The molecule has 0 bridgehead atoms. The molecule has 0 saturated carbocycles. The van der Waals surface area contributed by atoms with Crippen LogP contribution in [0.2, 0.25) is 0 Å². The van der Waals surface area contributed by atoms with Crippen molar-refractivity contribution < 1.29 is 19.0 Å². The summed E-state index contributed by atoms with van der Waals surface area (Å²) >= 11 is 0. The van der Waals surface area contributed by atoms with Gasteiger partial charge >= 0.3 is 0 Å². The van der Waals surface area contributed by atoms with Gasteiger partial charge in [0.05, 0.1) is 32.6 Å². The second-order valence-corrected chi connectivity index (χ2v) is 5.71. The van der Waals surface area contributed by atoms with Gasteiger partial charge in [-0.3, -0.25) is 4.79 Å². The number of ether oxygens (including phenoxy) is 3. The molecule has 0 spiro atoms. The Labute approximate surface area is 157 Å². The zero-order valence-corrected chi connectivity index (χ0v) is 15.4. The summed E-state index contributed by atoms with van der Waals surface area (Å²) in [5.74, 6) is 1.12. The highest BCUT2D eigenvalue weighted by molar-refractivity contribution is 5.97. The molecular weight excluding hydrogens is 346 g/mol. The minimum absolute atomic E-state index is 0.260. The summed E-state index contributed by atoms with van der Waals surface area (Å²) in [6.07, 6.45) is 3.60. The summed E-state index contributed by atoms with van der Waals surface area (Å²) in [7, 11) is 4.56. The smallest absolute Gasteiger partial charge is 0.255 e. The van der Waals surface area contributed by atoms with Crippen molar-refractivity contribution >= 4 is 5.91 Å². The maximum atomic E-state index is 12.6. The summed E-state index contributed by atoms with van der Waals surface area (Å²) in [4.78, 5) is 12.6. The van der Waals surface area contributed by atoms with Crippen molar-refractivity contribution in [3.05, 3.63) is 66.0 Å². The Bertz CT molecular complexity index is 906. The zero-order chi connectivity index (χ0) is 19.2. The van der Waals surface area contributed by atoms with Crippen molar-refractivity contribution in [3.63, 3.8) is 0 Å². The Morgan fingerprint density at radius 3 is 2.26 bits per heavy atom. The van der Waals surface area contributed by atoms with Crippen LogP contribution < -0.4 is 19.5 Å². The van der Waals surface area contributed by atoms with Crippen LogP contribution in [0.1, 0.15) is 15.9 Å². The van der Waals surface area contributed by atoms with Gasteiger partial charge in [0, 0.05) is 31.1 Å². The fraction of sp³-hybridized carbons (Fsp3) is 0.200. The standard InChI is InChI=1S/C20H21N3O4/c1-25-17-12-19(27-3)18(26-2)11-16(17)20(24)21-13-14-5-7-15(8-6-14)23-10-4-9-22-23/h4-12H,13H2,1-3H3,(H,21,24). The summed E-state index contributed by atoms with van der Waals surface area (Å²) in [5.41, 5.74) is 2.30. The van der Waals surface area contributed by atoms with Crippen molar-refractivity contribution in [3.8, 4) is 22.9 Å². The van der Waals surface area contributed by atoms with Crippen LogP contribution in [0.4, 0.5) is 0 Å². The number of amides is 1. The highest BCUT2D eigenvalue weighted by Crippen LogP contribution is 2.34. The summed E-state index contributed by atoms with van der Waals surface area (Å²) in [6, 6.07) is 12.9. The van der Waals surface area contributed by atoms with Crippen LogP contribution in [0.25, 0.3) is 5.69 Å². The number of carbonyl (C=O) groups is 1. The molecule has 1 amide bonds. The van der Waals surface area contributed by atoms with E-state index >= 15 is 0 Å². The van der Waals surface area contributed by atoms with Gasteiger partial charge in [-0.2, -0.15) is 5.10 Å². The van der Waals surface area contributed by atoms with Gasteiger partial charge in [0.1, 0.15) is 5.75 Å². The number of rotatable bonds is 7. The molecule has 3 aromatic rings. The lowest BCUT2D eigenvalue weighted by molar-refractivity contribution is 0.0947. The van der Waals surface area contributed by atoms with Crippen LogP contribution in [0.5, 0.6) is 17.2 Å². The summed E-state index contributed by atoms with van der Waals surface area (Å²) in [5, 5.41) is 7.09. The van der Waals surface area contributed by atoms with Crippen molar-refractivity contribution in [1.82, 2.24) is 15.1 Å². The molecule has 0 saturated heterocycles. The fourth-order valence-electron chi connectivity index (χ4n) is 2.67. The molecular formula is C20H21N3O4.